The normalized spacial score (nSPS) is 23.2. The highest BCUT2D eigenvalue weighted by Gasteiger charge is 2.26. The minimum atomic E-state index is 0.121. The molecule has 0 saturated carbocycles. The number of amides is 1. The Kier molecular flexibility index (Phi) is 4.80. The summed E-state index contributed by atoms with van der Waals surface area (Å²) >= 11 is 0. The summed E-state index contributed by atoms with van der Waals surface area (Å²) in [5.41, 5.74) is 0. The van der Waals surface area contributed by atoms with Gasteiger partial charge in [-0.25, -0.2) is 0 Å². The molecule has 104 valence electrons. The molecule has 0 aromatic heterocycles. The third-order valence-electron chi connectivity index (χ3n) is 3.26. The van der Waals surface area contributed by atoms with Gasteiger partial charge in [0.15, 0.2) is 0 Å². The maximum atomic E-state index is 12.1. The molecule has 1 aromatic carbocycles. The average molecular weight is 263 g/mol. The van der Waals surface area contributed by atoms with Gasteiger partial charge < -0.3 is 14.4 Å². The maximum Gasteiger partial charge on any atom is 0.226 e. The molecule has 0 unspecified atom stereocenters. The average Bonchev–Trinajstić information content (AvgIpc) is 2.42. The van der Waals surface area contributed by atoms with Crippen LogP contribution in [0.25, 0.3) is 0 Å². The number of benzene rings is 1. The van der Waals surface area contributed by atoms with Gasteiger partial charge in [0.05, 0.1) is 31.8 Å². The summed E-state index contributed by atoms with van der Waals surface area (Å²) in [5.74, 6) is 0.942. The number of carbonyl (C=O) groups is 1. The van der Waals surface area contributed by atoms with Crippen LogP contribution in [0.5, 0.6) is 5.75 Å². The van der Waals surface area contributed by atoms with E-state index in [0.29, 0.717) is 26.2 Å². The van der Waals surface area contributed by atoms with E-state index in [-0.39, 0.29) is 18.1 Å². The highest BCUT2D eigenvalue weighted by Crippen LogP contribution is 2.13. The second-order valence-electron chi connectivity index (χ2n) is 4.95. The number of hydrogen-bond acceptors (Lipinski definition) is 3. The first-order chi connectivity index (χ1) is 9.16. The lowest BCUT2D eigenvalue weighted by Crippen LogP contribution is -2.50. The Morgan fingerprint density at radius 1 is 1.37 bits per heavy atom. The number of hydrogen-bond donors (Lipinski definition) is 0. The molecule has 2 atom stereocenters. The van der Waals surface area contributed by atoms with Crippen molar-refractivity contribution >= 4 is 5.91 Å². The molecule has 0 N–H and O–H groups in total. The lowest BCUT2D eigenvalue weighted by molar-refractivity contribution is -0.143. The van der Waals surface area contributed by atoms with Crippen LogP contribution in [0.15, 0.2) is 30.3 Å². The van der Waals surface area contributed by atoms with Gasteiger partial charge in [0, 0.05) is 6.54 Å². The fourth-order valence-corrected chi connectivity index (χ4v) is 2.17. The molecular weight excluding hydrogens is 242 g/mol. The smallest absolute Gasteiger partial charge is 0.226 e. The maximum absolute atomic E-state index is 12.1. The van der Waals surface area contributed by atoms with E-state index >= 15 is 0 Å². The number of carbonyl (C=O) groups excluding carboxylic acids is 1. The quantitative estimate of drug-likeness (QED) is 0.835. The lowest BCUT2D eigenvalue weighted by Gasteiger charge is -2.36. The fraction of sp³-hybridized carbons (Fsp3) is 0.533. The van der Waals surface area contributed by atoms with Crippen LogP contribution in [0.1, 0.15) is 20.3 Å². The minimum absolute atomic E-state index is 0.121. The summed E-state index contributed by atoms with van der Waals surface area (Å²) in [6.07, 6.45) is 0.529. The van der Waals surface area contributed by atoms with Crippen LogP contribution in [-0.4, -0.2) is 42.7 Å². The molecule has 4 heteroatoms. The number of nitrogens with zero attached hydrogens (tertiary/aromatic N) is 1. The van der Waals surface area contributed by atoms with Crippen LogP contribution in [0.2, 0.25) is 0 Å². The zero-order valence-electron chi connectivity index (χ0n) is 11.5. The summed E-state index contributed by atoms with van der Waals surface area (Å²) in [4.78, 5) is 14.0. The van der Waals surface area contributed by atoms with Crippen molar-refractivity contribution in [1.82, 2.24) is 4.90 Å². The van der Waals surface area contributed by atoms with Gasteiger partial charge in [0.25, 0.3) is 0 Å². The van der Waals surface area contributed by atoms with Crippen molar-refractivity contribution in [2.24, 2.45) is 0 Å². The van der Waals surface area contributed by atoms with E-state index < -0.39 is 0 Å². The summed E-state index contributed by atoms with van der Waals surface area (Å²) in [5, 5.41) is 0. The first-order valence-electron chi connectivity index (χ1n) is 6.75. The Morgan fingerprint density at radius 2 is 2.11 bits per heavy atom. The van der Waals surface area contributed by atoms with Crippen molar-refractivity contribution in [2.75, 3.05) is 19.8 Å². The minimum Gasteiger partial charge on any atom is -0.493 e. The fourth-order valence-electron chi connectivity index (χ4n) is 2.17. The highest BCUT2D eigenvalue weighted by atomic mass is 16.5. The van der Waals surface area contributed by atoms with Gasteiger partial charge in [-0.05, 0) is 26.0 Å². The SMILES string of the molecule is C[C@H]1CN(C(=O)CCOc2ccccc2)[C@@H](C)CO1. The molecule has 1 heterocycles. The Morgan fingerprint density at radius 3 is 2.84 bits per heavy atom. The van der Waals surface area contributed by atoms with Crippen molar-refractivity contribution in [1.29, 1.82) is 0 Å². The molecular formula is C15H21NO3. The molecule has 19 heavy (non-hydrogen) atoms. The van der Waals surface area contributed by atoms with Gasteiger partial charge in [-0.1, -0.05) is 18.2 Å². The molecule has 0 bridgehead atoms. The third-order valence-corrected chi connectivity index (χ3v) is 3.26. The van der Waals surface area contributed by atoms with E-state index in [0.717, 1.165) is 5.75 Å². The monoisotopic (exact) mass is 263 g/mol. The van der Waals surface area contributed by atoms with E-state index in [4.69, 9.17) is 9.47 Å². The van der Waals surface area contributed by atoms with Crippen molar-refractivity contribution in [3.63, 3.8) is 0 Å². The number of morpholine rings is 1. The van der Waals surface area contributed by atoms with Crippen LogP contribution in [-0.2, 0) is 9.53 Å². The molecule has 1 aliphatic heterocycles. The van der Waals surface area contributed by atoms with E-state index in [9.17, 15) is 4.79 Å². The van der Waals surface area contributed by atoms with Crippen molar-refractivity contribution in [2.45, 2.75) is 32.4 Å². The zero-order valence-corrected chi connectivity index (χ0v) is 11.5. The van der Waals surface area contributed by atoms with Crippen molar-refractivity contribution < 1.29 is 14.3 Å². The first-order valence-corrected chi connectivity index (χ1v) is 6.75. The lowest BCUT2D eigenvalue weighted by atomic mass is 10.2. The summed E-state index contributed by atoms with van der Waals surface area (Å²) in [7, 11) is 0. The van der Waals surface area contributed by atoms with Gasteiger partial charge >= 0.3 is 0 Å². The molecule has 0 radical (unpaired) electrons. The molecule has 1 saturated heterocycles. The third kappa shape index (κ3) is 3.96. The molecule has 0 aliphatic carbocycles. The second kappa shape index (κ2) is 6.57. The standard InChI is InChI=1S/C15H21NO3/c1-12-11-19-13(2)10-16(12)15(17)8-9-18-14-6-4-3-5-7-14/h3-7,12-13H,8-11H2,1-2H3/t12-,13-/m0/s1. The molecule has 1 fully saturated rings. The van der Waals surface area contributed by atoms with Gasteiger partial charge in [0.2, 0.25) is 5.91 Å². The summed E-state index contributed by atoms with van der Waals surface area (Å²) in [6.45, 7) is 5.72. The van der Waals surface area contributed by atoms with Crippen LogP contribution < -0.4 is 4.74 Å². The van der Waals surface area contributed by atoms with Crippen molar-refractivity contribution in [3.8, 4) is 5.75 Å². The van der Waals surface area contributed by atoms with E-state index in [2.05, 4.69) is 0 Å². The molecule has 1 aliphatic rings. The summed E-state index contributed by atoms with van der Waals surface area (Å²) in [6, 6.07) is 9.72. The van der Waals surface area contributed by atoms with Gasteiger partial charge in [-0.2, -0.15) is 0 Å². The highest BCUT2D eigenvalue weighted by molar-refractivity contribution is 5.76. The van der Waals surface area contributed by atoms with Crippen LogP contribution in [0.4, 0.5) is 0 Å². The van der Waals surface area contributed by atoms with Crippen LogP contribution >= 0.6 is 0 Å². The molecule has 2 rings (SSSR count). The Labute approximate surface area is 114 Å². The molecule has 1 amide bonds. The van der Waals surface area contributed by atoms with E-state index in [1.807, 2.05) is 49.1 Å². The molecule has 0 spiro atoms. The Balaban J connectivity index is 1.77. The summed E-state index contributed by atoms with van der Waals surface area (Å²) < 4.78 is 11.1. The van der Waals surface area contributed by atoms with Crippen molar-refractivity contribution in [3.05, 3.63) is 30.3 Å². The van der Waals surface area contributed by atoms with Crippen LogP contribution in [0, 0.1) is 0 Å². The second-order valence-corrected chi connectivity index (χ2v) is 4.95. The predicted molar refractivity (Wildman–Crippen MR) is 73.1 cm³/mol. The van der Waals surface area contributed by atoms with E-state index in [1.165, 1.54) is 0 Å². The first kappa shape index (κ1) is 13.9. The predicted octanol–water partition coefficient (Wildman–Crippen LogP) is 2.09. The Bertz CT molecular complexity index is 407. The number of para-hydroxylation sites is 1. The zero-order chi connectivity index (χ0) is 13.7. The van der Waals surface area contributed by atoms with Gasteiger partial charge in [-0.3, -0.25) is 4.79 Å². The molecule has 1 aromatic rings. The van der Waals surface area contributed by atoms with E-state index in [1.54, 1.807) is 0 Å². The number of rotatable bonds is 4. The molecule has 4 nitrogen and oxygen atoms in total. The Hall–Kier alpha value is -1.55. The van der Waals surface area contributed by atoms with Crippen LogP contribution in [0.3, 0.4) is 0 Å². The largest absolute Gasteiger partial charge is 0.493 e. The van der Waals surface area contributed by atoms with Gasteiger partial charge in [-0.15, -0.1) is 0 Å². The topological polar surface area (TPSA) is 38.8 Å². The number of ether oxygens (including phenoxy) is 2. The van der Waals surface area contributed by atoms with Gasteiger partial charge in [0.1, 0.15) is 5.75 Å².